The number of hydrogen-bond acceptors (Lipinski definition) is 4. The summed E-state index contributed by atoms with van der Waals surface area (Å²) in [6.45, 7) is 4.80. The largest absolute Gasteiger partial charge is 0.339 e. The fraction of sp³-hybridized carbons (Fsp3) is 0.526. The number of carbonyl (C=O) groups excluding carboxylic acids is 1. The van der Waals surface area contributed by atoms with Crippen molar-refractivity contribution < 1.29 is 4.79 Å². The number of halogens is 1. The zero-order chi connectivity index (χ0) is 18.5. The molecule has 1 aromatic carbocycles. The van der Waals surface area contributed by atoms with Gasteiger partial charge in [-0.15, -0.1) is 10.2 Å². The maximum Gasteiger partial charge on any atom is 0.233 e. The molecule has 140 valence electrons. The van der Waals surface area contributed by atoms with E-state index in [9.17, 15) is 4.79 Å². The Morgan fingerprint density at radius 1 is 1.35 bits per heavy atom. The molecule has 3 rings (SSSR count). The topological polar surface area (TPSA) is 51.0 Å². The summed E-state index contributed by atoms with van der Waals surface area (Å²) in [7, 11) is 0. The molecular formula is C19H25ClN4OS. The lowest BCUT2D eigenvalue weighted by molar-refractivity contribution is -0.131. The number of aromatic nitrogens is 3. The summed E-state index contributed by atoms with van der Waals surface area (Å²) in [4.78, 5) is 14.8. The molecule has 1 aliphatic carbocycles. The average molecular weight is 393 g/mol. The minimum absolute atomic E-state index is 0.181. The highest BCUT2D eigenvalue weighted by atomic mass is 35.5. The first-order chi connectivity index (χ1) is 12.6. The van der Waals surface area contributed by atoms with Crippen LogP contribution in [0.1, 0.15) is 44.6 Å². The van der Waals surface area contributed by atoms with E-state index in [0.717, 1.165) is 30.6 Å². The first kappa shape index (κ1) is 19.2. The van der Waals surface area contributed by atoms with Crippen molar-refractivity contribution in [2.75, 3.05) is 12.3 Å². The van der Waals surface area contributed by atoms with Crippen molar-refractivity contribution in [2.24, 2.45) is 0 Å². The number of hydrogen-bond donors (Lipinski definition) is 0. The van der Waals surface area contributed by atoms with Crippen molar-refractivity contribution in [3.8, 4) is 5.69 Å². The summed E-state index contributed by atoms with van der Waals surface area (Å²) in [6.07, 6.45) is 7.66. The van der Waals surface area contributed by atoms with Gasteiger partial charge in [0, 0.05) is 17.6 Å². The lowest BCUT2D eigenvalue weighted by atomic mass is 9.94. The Morgan fingerprint density at radius 2 is 2.12 bits per heavy atom. The van der Waals surface area contributed by atoms with Crippen molar-refractivity contribution in [1.29, 1.82) is 0 Å². The van der Waals surface area contributed by atoms with E-state index in [1.807, 2.05) is 34.6 Å². The minimum atomic E-state index is 0.181. The molecule has 1 aromatic heterocycles. The molecule has 2 aromatic rings. The molecule has 0 saturated heterocycles. The van der Waals surface area contributed by atoms with Gasteiger partial charge in [0.05, 0.1) is 11.4 Å². The van der Waals surface area contributed by atoms with Gasteiger partial charge in [-0.05, 0) is 44.4 Å². The smallest absolute Gasteiger partial charge is 0.233 e. The number of benzene rings is 1. The Hall–Kier alpha value is -1.53. The van der Waals surface area contributed by atoms with Crippen LogP contribution < -0.4 is 0 Å². The van der Waals surface area contributed by atoms with E-state index >= 15 is 0 Å². The standard InChI is InChI=1S/C19H25ClN4OS/c1-3-23(15-7-5-4-6-8-15)18(25)12-26-19-22-21-13-24(19)16-10-9-14(2)17(20)11-16/h9-11,13,15H,3-8,12H2,1-2H3. The van der Waals surface area contributed by atoms with Crippen molar-refractivity contribution >= 4 is 29.3 Å². The molecule has 1 heterocycles. The van der Waals surface area contributed by atoms with Crippen LogP contribution in [0, 0.1) is 6.92 Å². The van der Waals surface area contributed by atoms with Crippen LogP contribution in [0.4, 0.5) is 0 Å². The molecule has 26 heavy (non-hydrogen) atoms. The second-order valence-corrected chi connectivity index (χ2v) is 8.03. The minimum Gasteiger partial charge on any atom is -0.339 e. The Bertz CT molecular complexity index is 758. The molecule has 5 nitrogen and oxygen atoms in total. The number of rotatable bonds is 6. The number of nitrogens with zero attached hydrogens (tertiary/aromatic N) is 4. The van der Waals surface area contributed by atoms with Crippen LogP contribution in [0.25, 0.3) is 5.69 Å². The van der Waals surface area contributed by atoms with Gasteiger partial charge >= 0.3 is 0 Å². The van der Waals surface area contributed by atoms with E-state index < -0.39 is 0 Å². The number of amides is 1. The SMILES string of the molecule is CCN(C(=O)CSc1nncn1-c1ccc(C)c(Cl)c1)C1CCCCC1. The van der Waals surface area contributed by atoms with Gasteiger partial charge in [0.15, 0.2) is 5.16 Å². The molecule has 1 fully saturated rings. The molecule has 7 heteroatoms. The second-order valence-electron chi connectivity index (χ2n) is 6.68. The van der Waals surface area contributed by atoms with Crippen LogP contribution in [0.15, 0.2) is 29.7 Å². The summed E-state index contributed by atoms with van der Waals surface area (Å²) in [5, 5.41) is 9.60. The van der Waals surface area contributed by atoms with E-state index in [4.69, 9.17) is 11.6 Å². The highest BCUT2D eigenvalue weighted by Gasteiger charge is 2.24. The van der Waals surface area contributed by atoms with Gasteiger partial charge in [-0.25, -0.2) is 0 Å². The molecule has 0 radical (unpaired) electrons. The third kappa shape index (κ3) is 4.41. The summed E-state index contributed by atoms with van der Waals surface area (Å²) >= 11 is 7.66. The molecule has 1 aliphatic rings. The van der Waals surface area contributed by atoms with Crippen molar-refractivity contribution in [3.05, 3.63) is 35.1 Å². The van der Waals surface area contributed by atoms with E-state index in [2.05, 4.69) is 17.1 Å². The Kier molecular flexibility index (Phi) is 6.59. The first-order valence-electron chi connectivity index (χ1n) is 9.19. The van der Waals surface area contributed by atoms with Crippen molar-refractivity contribution in [3.63, 3.8) is 0 Å². The predicted molar refractivity (Wildman–Crippen MR) is 106 cm³/mol. The molecule has 0 bridgehead atoms. The zero-order valence-electron chi connectivity index (χ0n) is 15.3. The second kappa shape index (κ2) is 8.91. The highest BCUT2D eigenvalue weighted by Crippen LogP contribution is 2.26. The van der Waals surface area contributed by atoms with Gasteiger partial charge in [0.1, 0.15) is 6.33 Å². The Labute approximate surface area is 164 Å². The van der Waals surface area contributed by atoms with Crippen LogP contribution in [0.3, 0.4) is 0 Å². The van der Waals surface area contributed by atoms with Crippen LogP contribution >= 0.6 is 23.4 Å². The monoisotopic (exact) mass is 392 g/mol. The Morgan fingerprint density at radius 3 is 2.81 bits per heavy atom. The molecule has 0 atom stereocenters. The lowest BCUT2D eigenvalue weighted by Gasteiger charge is -2.33. The third-order valence-corrected chi connectivity index (χ3v) is 6.29. The highest BCUT2D eigenvalue weighted by molar-refractivity contribution is 7.99. The fourth-order valence-electron chi connectivity index (χ4n) is 3.47. The fourth-order valence-corrected chi connectivity index (χ4v) is 4.46. The van der Waals surface area contributed by atoms with E-state index in [-0.39, 0.29) is 5.91 Å². The summed E-state index contributed by atoms with van der Waals surface area (Å²) in [6, 6.07) is 6.25. The van der Waals surface area contributed by atoms with Crippen LogP contribution in [0.2, 0.25) is 5.02 Å². The zero-order valence-corrected chi connectivity index (χ0v) is 16.9. The van der Waals surface area contributed by atoms with Crippen LogP contribution in [-0.4, -0.2) is 43.9 Å². The Balaban J connectivity index is 1.67. The molecule has 0 aliphatic heterocycles. The van der Waals surface area contributed by atoms with Crippen LogP contribution in [-0.2, 0) is 4.79 Å². The normalized spacial score (nSPS) is 15.2. The first-order valence-corrected chi connectivity index (χ1v) is 10.5. The quantitative estimate of drug-likeness (QED) is 0.679. The summed E-state index contributed by atoms with van der Waals surface area (Å²) < 4.78 is 1.88. The lowest BCUT2D eigenvalue weighted by Crippen LogP contribution is -2.42. The van der Waals surface area contributed by atoms with Gasteiger partial charge in [0.25, 0.3) is 0 Å². The van der Waals surface area contributed by atoms with Gasteiger partial charge in [-0.3, -0.25) is 9.36 Å². The third-order valence-electron chi connectivity index (χ3n) is 4.95. The number of carbonyl (C=O) groups is 1. The van der Waals surface area contributed by atoms with Gasteiger partial charge in [-0.2, -0.15) is 0 Å². The molecule has 1 saturated carbocycles. The van der Waals surface area contributed by atoms with Gasteiger partial charge in [0.2, 0.25) is 5.91 Å². The molecule has 0 spiro atoms. The summed E-state index contributed by atoms with van der Waals surface area (Å²) in [5.41, 5.74) is 1.93. The number of thioether (sulfide) groups is 1. The number of aryl methyl sites for hydroxylation is 1. The van der Waals surface area contributed by atoms with E-state index in [1.165, 1.54) is 31.0 Å². The van der Waals surface area contributed by atoms with E-state index in [0.29, 0.717) is 22.0 Å². The van der Waals surface area contributed by atoms with Crippen molar-refractivity contribution in [2.45, 2.75) is 57.1 Å². The molecule has 0 unspecified atom stereocenters. The van der Waals surface area contributed by atoms with Gasteiger partial charge in [-0.1, -0.05) is 48.7 Å². The van der Waals surface area contributed by atoms with E-state index in [1.54, 1.807) is 6.33 Å². The molecule has 1 amide bonds. The predicted octanol–water partition coefficient (Wildman–Crippen LogP) is 4.50. The maximum atomic E-state index is 12.7. The average Bonchev–Trinajstić information content (AvgIpc) is 3.12. The maximum absolute atomic E-state index is 12.7. The van der Waals surface area contributed by atoms with Crippen LogP contribution in [0.5, 0.6) is 0 Å². The van der Waals surface area contributed by atoms with Crippen molar-refractivity contribution in [1.82, 2.24) is 19.7 Å². The molecular weight excluding hydrogens is 368 g/mol. The summed E-state index contributed by atoms with van der Waals surface area (Å²) in [5.74, 6) is 0.559. The van der Waals surface area contributed by atoms with Gasteiger partial charge < -0.3 is 4.90 Å². The molecule has 0 N–H and O–H groups in total.